The molecule has 1 aliphatic rings. The predicted molar refractivity (Wildman–Crippen MR) is 84.1 cm³/mol. The van der Waals surface area contributed by atoms with E-state index in [0.29, 0.717) is 30.4 Å². The van der Waals surface area contributed by atoms with Crippen LogP contribution in [0.1, 0.15) is 22.5 Å². The van der Waals surface area contributed by atoms with Crippen molar-refractivity contribution in [3.05, 3.63) is 46.4 Å². The quantitative estimate of drug-likeness (QED) is 0.889. The lowest BCUT2D eigenvalue weighted by Gasteiger charge is -2.10. The molecular formula is C16H18N2O3S. The van der Waals surface area contributed by atoms with Gasteiger partial charge in [0.25, 0.3) is 5.91 Å². The molecule has 2 aromatic rings. The van der Waals surface area contributed by atoms with Crippen molar-refractivity contribution in [1.29, 1.82) is 0 Å². The van der Waals surface area contributed by atoms with Crippen molar-refractivity contribution in [3.63, 3.8) is 0 Å². The van der Waals surface area contributed by atoms with Gasteiger partial charge in [-0.3, -0.25) is 4.79 Å². The predicted octanol–water partition coefficient (Wildman–Crippen LogP) is 2.49. The highest BCUT2D eigenvalue weighted by molar-refractivity contribution is 7.07. The minimum Gasteiger partial charge on any atom is -0.487 e. The van der Waals surface area contributed by atoms with Gasteiger partial charge in [-0.1, -0.05) is 6.07 Å². The molecule has 1 N–H and O–H groups in total. The summed E-state index contributed by atoms with van der Waals surface area (Å²) in [4.78, 5) is 16.3. The molecule has 3 rings (SSSR count). The molecule has 5 nitrogen and oxygen atoms in total. The monoisotopic (exact) mass is 318 g/mol. The fourth-order valence-electron chi connectivity index (χ4n) is 2.28. The molecule has 0 spiro atoms. The fourth-order valence-corrected chi connectivity index (χ4v) is 2.82. The lowest BCUT2D eigenvalue weighted by molar-refractivity contribution is 0.0944. The lowest BCUT2D eigenvalue weighted by Crippen LogP contribution is -2.29. The van der Waals surface area contributed by atoms with Gasteiger partial charge in [-0.25, -0.2) is 4.98 Å². The van der Waals surface area contributed by atoms with Gasteiger partial charge < -0.3 is 14.8 Å². The summed E-state index contributed by atoms with van der Waals surface area (Å²) in [6.07, 6.45) is 1.01. The molecule has 0 unspecified atom stereocenters. The SMILES string of the molecule is O=C(NC[C@H]1CCOC1)c1cccc(OCc2cscn2)c1. The molecule has 0 saturated carbocycles. The molecule has 0 bridgehead atoms. The molecule has 2 heterocycles. The minimum absolute atomic E-state index is 0.0778. The molecule has 6 heteroatoms. The summed E-state index contributed by atoms with van der Waals surface area (Å²) in [5, 5.41) is 4.90. The Kier molecular flexibility index (Phi) is 5.03. The van der Waals surface area contributed by atoms with Crippen LogP contribution in [0.3, 0.4) is 0 Å². The Morgan fingerprint density at radius 1 is 1.50 bits per heavy atom. The van der Waals surface area contributed by atoms with Crippen LogP contribution in [0.4, 0.5) is 0 Å². The highest BCUT2D eigenvalue weighted by Gasteiger charge is 2.16. The number of amides is 1. The molecule has 1 atom stereocenters. The number of nitrogens with one attached hydrogen (secondary N) is 1. The van der Waals surface area contributed by atoms with E-state index in [2.05, 4.69) is 10.3 Å². The highest BCUT2D eigenvalue weighted by Crippen LogP contribution is 2.16. The fraction of sp³-hybridized carbons (Fsp3) is 0.375. The zero-order valence-electron chi connectivity index (χ0n) is 12.2. The first-order valence-electron chi connectivity index (χ1n) is 7.27. The molecule has 0 radical (unpaired) electrons. The van der Waals surface area contributed by atoms with Gasteiger partial charge in [0.15, 0.2) is 0 Å². The number of aromatic nitrogens is 1. The van der Waals surface area contributed by atoms with Crippen LogP contribution < -0.4 is 10.1 Å². The van der Waals surface area contributed by atoms with Crippen LogP contribution in [0.15, 0.2) is 35.2 Å². The molecule has 1 saturated heterocycles. The second-order valence-corrected chi connectivity index (χ2v) is 5.95. The van der Waals surface area contributed by atoms with Crippen molar-refractivity contribution in [2.24, 2.45) is 5.92 Å². The van der Waals surface area contributed by atoms with E-state index in [-0.39, 0.29) is 5.91 Å². The number of hydrogen-bond acceptors (Lipinski definition) is 5. The van der Waals surface area contributed by atoms with Gasteiger partial charge in [0, 0.05) is 30.0 Å². The topological polar surface area (TPSA) is 60.5 Å². The second kappa shape index (κ2) is 7.38. The van der Waals surface area contributed by atoms with Crippen LogP contribution in [-0.2, 0) is 11.3 Å². The number of rotatable bonds is 6. The maximum absolute atomic E-state index is 12.2. The Hall–Kier alpha value is -1.92. The number of thiazole rings is 1. The first-order valence-corrected chi connectivity index (χ1v) is 8.21. The summed E-state index contributed by atoms with van der Waals surface area (Å²) in [7, 11) is 0. The van der Waals surface area contributed by atoms with Crippen molar-refractivity contribution in [3.8, 4) is 5.75 Å². The Labute approximate surface area is 133 Å². The third kappa shape index (κ3) is 4.05. The van der Waals surface area contributed by atoms with E-state index < -0.39 is 0 Å². The summed E-state index contributed by atoms with van der Waals surface area (Å²) in [6, 6.07) is 7.21. The van der Waals surface area contributed by atoms with Crippen molar-refractivity contribution < 1.29 is 14.3 Å². The van der Waals surface area contributed by atoms with Crippen molar-refractivity contribution in [2.75, 3.05) is 19.8 Å². The van der Waals surface area contributed by atoms with Crippen LogP contribution in [0.5, 0.6) is 5.75 Å². The van der Waals surface area contributed by atoms with Crippen LogP contribution in [0, 0.1) is 5.92 Å². The first kappa shape index (κ1) is 15.0. The third-order valence-corrected chi connectivity index (χ3v) is 4.18. The third-order valence-electron chi connectivity index (χ3n) is 3.54. The van der Waals surface area contributed by atoms with Crippen LogP contribution in [0.25, 0.3) is 0 Å². The van der Waals surface area contributed by atoms with E-state index in [1.807, 2.05) is 17.5 Å². The Balaban J connectivity index is 1.54. The standard InChI is InChI=1S/C16H18N2O3S/c19-16(17-7-12-4-5-20-8-12)13-2-1-3-15(6-13)21-9-14-10-22-11-18-14/h1-3,6,10-12H,4-5,7-9H2,(H,17,19)/t12-/m1/s1. The van der Waals surface area contributed by atoms with E-state index in [0.717, 1.165) is 25.3 Å². The average Bonchev–Trinajstić information content (AvgIpc) is 3.24. The Morgan fingerprint density at radius 2 is 2.45 bits per heavy atom. The maximum atomic E-state index is 12.2. The van der Waals surface area contributed by atoms with Gasteiger partial charge in [0.2, 0.25) is 0 Å². The highest BCUT2D eigenvalue weighted by atomic mass is 32.1. The van der Waals surface area contributed by atoms with Gasteiger partial charge >= 0.3 is 0 Å². The smallest absolute Gasteiger partial charge is 0.251 e. The van der Waals surface area contributed by atoms with Crippen molar-refractivity contribution in [2.45, 2.75) is 13.0 Å². The Morgan fingerprint density at radius 3 is 3.23 bits per heavy atom. The van der Waals surface area contributed by atoms with Crippen LogP contribution in [-0.4, -0.2) is 30.6 Å². The molecule has 0 aliphatic carbocycles. The maximum Gasteiger partial charge on any atom is 0.251 e. The average molecular weight is 318 g/mol. The number of carbonyl (C=O) groups excluding carboxylic acids is 1. The summed E-state index contributed by atoms with van der Waals surface area (Å²) in [5.74, 6) is 1.02. The van der Waals surface area contributed by atoms with Crippen LogP contribution >= 0.6 is 11.3 Å². The summed E-state index contributed by atoms with van der Waals surface area (Å²) in [5.41, 5.74) is 3.27. The molecular weight excluding hydrogens is 300 g/mol. The summed E-state index contributed by atoms with van der Waals surface area (Å²) in [6.45, 7) is 2.59. The molecule has 1 fully saturated rings. The lowest BCUT2D eigenvalue weighted by atomic mass is 10.1. The normalized spacial score (nSPS) is 17.4. The number of ether oxygens (including phenoxy) is 2. The molecule has 1 aromatic carbocycles. The zero-order valence-corrected chi connectivity index (χ0v) is 13.0. The largest absolute Gasteiger partial charge is 0.487 e. The van der Waals surface area contributed by atoms with Crippen LogP contribution in [0.2, 0.25) is 0 Å². The van der Waals surface area contributed by atoms with E-state index in [4.69, 9.17) is 9.47 Å². The van der Waals surface area contributed by atoms with Gasteiger partial charge in [-0.2, -0.15) is 0 Å². The molecule has 22 heavy (non-hydrogen) atoms. The number of carbonyl (C=O) groups is 1. The van der Waals surface area contributed by atoms with E-state index in [9.17, 15) is 4.79 Å². The first-order chi connectivity index (χ1) is 10.8. The van der Waals surface area contributed by atoms with Gasteiger partial charge in [0.1, 0.15) is 12.4 Å². The number of benzene rings is 1. The summed E-state index contributed by atoms with van der Waals surface area (Å²) >= 11 is 1.54. The van der Waals surface area contributed by atoms with Gasteiger partial charge in [-0.05, 0) is 24.6 Å². The summed E-state index contributed by atoms with van der Waals surface area (Å²) < 4.78 is 11.0. The van der Waals surface area contributed by atoms with E-state index in [1.54, 1.807) is 17.6 Å². The van der Waals surface area contributed by atoms with E-state index >= 15 is 0 Å². The molecule has 1 aromatic heterocycles. The van der Waals surface area contributed by atoms with Crippen molar-refractivity contribution >= 4 is 17.2 Å². The number of nitrogens with zero attached hydrogens (tertiary/aromatic N) is 1. The Bertz CT molecular complexity index is 610. The molecule has 1 aliphatic heterocycles. The van der Waals surface area contributed by atoms with Crippen molar-refractivity contribution in [1.82, 2.24) is 10.3 Å². The van der Waals surface area contributed by atoms with E-state index in [1.165, 1.54) is 11.3 Å². The second-order valence-electron chi connectivity index (χ2n) is 5.24. The van der Waals surface area contributed by atoms with Gasteiger partial charge in [-0.15, -0.1) is 11.3 Å². The van der Waals surface area contributed by atoms with Gasteiger partial charge in [0.05, 0.1) is 17.8 Å². The minimum atomic E-state index is -0.0778. The molecule has 1 amide bonds. The molecule has 116 valence electrons. The zero-order chi connectivity index (χ0) is 15.2. The number of hydrogen-bond donors (Lipinski definition) is 1.